The zero-order chi connectivity index (χ0) is 11.1. The fraction of sp³-hybridized carbons (Fsp3) is 0.462. The molecule has 1 unspecified atom stereocenters. The van der Waals surface area contributed by atoms with Gasteiger partial charge in [-0.2, -0.15) is 0 Å². The predicted octanol–water partition coefficient (Wildman–Crippen LogP) is 2.54. The van der Waals surface area contributed by atoms with E-state index in [1.165, 1.54) is 11.1 Å². The Balaban J connectivity index is 1.81. The molecule has 1 saturated heterocycles. The van der Waals surface area contributed by atoms with Crippen molar-refractivity contribution in [1.82, 2.24) is 4.90 Å². The van der Waals surface area contributed by atoms with E-state index in [2.05, 4.69) is 34.1 Å². The van der Waals surface area contributed by atoms with E-state index in [1.807, 2.05) is 4.90 Å². The molecule has 3 rings (SSSR count). The fourth-order valence-electron chi connectivity index (χ4n) is 2.69. The first-order valence-electron chi connectivity index (χ1n) is 5.81. The van der Waals surface area contributed by atoms with Gasteiger partial charge in [-0.3, -0.25) is 4.79 Å². The smallest absolute Gasteiger partial charge is 0.224 e. The molecule has 84 valence electrons. The second-order valence-electron chi connectivity index (χ2n) is 4.65. The second-order valence-corrected chi connectivity index (χ2v) is 5.56. The summed E-state index contributed by atoms with van der Waals surface area (Å²) < 4.78 is 1.16. The van der Waals surface area contributed by atoms with Crippen molar-refractivity contribution in [1.29, 1.82) is 0 Å². The van der Waals surface area contributed by atoms with Crippen LogP contribution in [0.3, 0.4) is 0 Å². The van der Waals surface area contributed by atoms with E-state index in [1.54, 1.807) is 0 Å². The molecule has 1 aliphatic heterocycles. The van der Waals surface area contributed by atoms with Crippen LogP contribution in [0.1, 0.15) is 24.0 Å². The van der Waals surface area contributed by atoms with Crippen LogP contribution in [0.5, 0.6) is 0 Å². The summed E-state index contributed by atoms with van der Waals surface area (Å²) in [6.07, 6.45) is 4.01. The Morgan fingerprint density at radius 3 is 2.81 bits per heavy atom. The molecule has 0 saturated carbocycles. The zero-order valence-electron chi connectivity index (χ0n) is 9.08. The van der Waals surface area contributed by atoms with Gasteiger partial charge in [-0.15, -0.1) is 0 Å². The molecular weight excluding hydrogens is 266 g/mol. The molecule has 0 N–H and O–H groups in total. The summed E-state index contributed by atoms with van der Waals surface area (Å²) in [5.74, 6) is 0.338. The lowest BCUT2D eigenvalue weighted by Crippen LogP contribution is -2.51. The van der Waals surface area contributed by atoms with Crippen LogP contribution in [0.25, 0.3) is 0 Å². The number of benzene rings is 1. The SMILES string of the molecule is O=C1CCN1C1CCc2cc(Br)ccc2C1. The summed E-state index contributed by atoms with van der Waals surface area (Å²) in [5, 5.41) is 0. The highest BCUT2D eigenvalue weighted by atomic mass is 79.9. The molecule has 0 bridgehead atoms. The first kappa shape index (κ1) is 10.3. The van der Waals surface area contributed by atoms with Gasteiger partial charge in [-0.05, 0) is 42.5 Å². The Morgan fingerprint density at radius 2 is 2.12 bits per heavy atom. The van der Waals surface area contributed by atoms with Crippen LogP contribution in [-0.4, -0.2) is 23.4 Å². The lowest BCUT2D eigenvalue weighted by Gasteiger charge is -2.40. The number of amides is 1. The molecule has 2 aliphatic rings. The van der Waals surface area contributed by atoms with Crippen molar-refractivity contribution in [2.75, 3.05) is 6.54 Å². The van der Waals surface area contributed by atoms with Crippen LogP contribution in [0.4, 0.5) is 0 Å². The van der Waals surface area contributed by atoms with Gasteiger partial charge in [0.2, 0.25) is 5.91 Å². The van der Waals surface area contributed by atoms with E-state index in [9.17, 15) is 4.79 Å². The van der Waals surface area contributed by atoms with E-state index in [-0.39, 0.29) is 0 Å². The van der Waals surface area contributed by atoms with Crippen LogP contribution in [0.15, 0.2) is 22.7 Å². The Kier molecular flexibility index (Phi) is 2.51. The third-order valence-electron chi connectivity index (χ3n) is 3.70. The number of hydrogen-bond acceptors (Lipinski definition) is 1. The first-order valence-corrected chi connectivity index (χ1v) is 6.60. The van der Waals surface area contributed by atoms with Gasteiger partial charge in [-0.25, -0.2) is 0 Å². The molecule has 1 fully saturated rings. The van der Waals surface area contributed by atoms with E-state index in [0.29, 0.717) is 11.9 Å². The number of carbonyl (C=O) groups is 1. The lowest BCUT2D eigenvalue weighted by molar-refractivity contribution is -0.143. The molecule has 1 aliphatic carbocycles. The van der Waals surface area contributed by atoms with Crippen molar-refractivity contribution in [3.8, 4) is 0 Å². The van der Waals surface area contributed by atoms with Crippen molar-refractivity contribution in [3.05, 3.63) is 33.8 Å². The number of carbonyl (C=O) groups excluding carboxylic acids is 1. The molecule has 1 aromatic rings. The number of likely N-dealkylation sites (tertiary alicyclic amines) is 1. The van der Waals surface area contributed by atoms with Crippen LogP contribution >= 0.6 is 15.9 Å². The Labute approximate surface area is 104 Å². The van der Waals surface area contributed by atoms with Crippen molar-refractivity contribution in [2.45, 2.75) is 31.7 Å². The predicted molar refractivity (Wildman–Crippen MR) is 66.3 cm³/mol. The van der Waals surface area contributed by atoms with Gasteiger partial charge in [0.15, 0.2) is 0 Å². The average molecular weight is 280 g/mol. The number of nitrogens with zero attached hydrogens (tertiary/aromatic N) is 1. The van der Waals surface area contributed by atoms with Crippen molar-refractivity contribution in [2.24, 2.45) is 0 Å². The van der Waals surface area contributed by atoms with Gasteiger partial charge in [0, 0.05) is 23.5 Å². The highest BCUT2D eigenvalue weighted by molar-refractivity contribution is 9.10. The zero-order valence-corrected chi connectivity index (χ0v) is 10.7. The maximum atomic E-state index is 11.4. The molecule has 3 heteroatoms. The quantitative estimate of drug-likeness (QED) is 0.724. The fourth-order valence-corrected chi connectivity index (χ4v) is 3.10. The largest absolute Gasteiger partial charge is 0.339 e. The third-order valence-corrected chi connectivity index (χ3v) is 4.19. The van der Waals surface area contributed by atoms with Crippen LogP contribution in [-0.2, 0) is 17.6 Å². The summed E-state index contributed by atoms with van der Waals surface area (Å²) >= 11 is 3.50. The van der Waals surface area contributed by atoms with Crippen molar-refractivity contribution >= 4 is 21.8 Å². The number of fused-ring (bicyclic) bond motifs is 1. The van der Waals surface area contributed by atoms with E-state index >= 15 is 0 Å². The maximum absolute atomic E-state index is 11.4. The summed E-state index contributed by atoms with van der Waals surface area (Å²) in [7, 11) is 0. The molecule has 1 amide bonds. The summed E-state index contributed by atoms with van der Waals surface area (Å²) in [4.78, 5) is 13.5. The van der Waals surface area contributed by atoms with E-state index in [0.717, 1.165) is 36.7 Å². The highest BCUT2D eigenvalue weighted by Crippen LogP contribution is 2.29. The average Bonchev–Trinajstić information content (AvgIpc) is 2.27. The number of hydrogen-bond donors (Lipinski definition) is 0. The molecule has 1 aromatic carbocycles. The van der Waals surface area contributed by atoms with E-state index < -0.39 is 0 Å². The van der Waals surface area contributed by atoms with Gasteiger partial charge in [0.1, 0.15) is 0 Å². The summed E-state index contributed by atoms with van der Waals surface area (Å²) in [6, 6.07) is 6.95. The Bertz CT molecular complexity index is 444. The van der Waals surface area contributed by atoms with Gasteiger partial charge in [-0.1, -0.05) is 22.0 Å². The Morgan fingerprint density at radius 1 is 1.25 bits per heavy atom. The topological polar surface area (TPSA) is 20.3 Å². The molecule has 0 aromatic heterocycles. The van der Waals surface area contributed by atoms with Crippen LogP contribution < -0.4 is 0 Å². The van der Waals surface area contributed by atoms with Crippen LogP contribution in [0.2, 0.25) is 0 Å². The van der Waals surface area contributed by atoms with Gasteiger partial charge in [0.25, 0.3) is 0 Å². The second kappa shape index (κ2) is 3.88. The van der Waals surface area contributed by atoms with Crippen molar-refractivity contribution < 1.29 is 4.79 Å². The lowest BCUT2D eigenvalue weighted by atomic mass is 9.86. The van der Waals surface area contributed by atoms with Crippen LogP contribution in [0, 0.1) is 0 Å². The normalized spacial score (nSPS) is 23.9. The molecule has 2 nitrogen and oxygen atoms in total. The minimum atomic E-state index is 0.338. The first-order chi connectivity index (χ1) is 7.74. The minimum Gasteiger partial charge on any atom is -0.339 e. The number of rotatable bonds is 1. The molecule has 16 heavy (non-hydrogen) atoms. The van der Waals surface area contributed by atoms with Crippen molar-refractivity contribution in [3.63, 3.8) is 0 Å². The number of halogens is 1. The summed E-state index contributed by atoms with van der Waals surface area (Å²) in [6.45, 7) is 0.968. The van der Waals surface area contributed by atoms with Gasteiger partial charge < -0.3 is 4.90 Å². The number of β-lactam (4-membered cyclic amide) rings is 1. The van der Waals surface area contributed by atoms with Gasteiger partial charge in [0.05, 0.1) is 0 Å². The summed E-state index contributed by atoms with van der Waals surface area (Å²) in [5.41, 5.74) is 2.86. The number of aryl methyl sites for hydroxylation is 1. The molecule has 0 radical (unpaired) electrons. The molecule has 1 heterocycles. The van der Waals surface area contributed by atoms with Gasteiger partial charge >= 0.3 is 0 Å². The molecule has 1 atom stereocenters. The van der Waals surface area contributed by atoms with E-state index in [4.69, 9.17) is 0 Å². The monoisotopic (exact) mass is 279 g/mol. The molecular formula is C13H14BrNO. The third kappa shape index (κ3) is 1.67. The molecule has 0 spiro atoms. The standard InChI is InChI=1S/C13H14BrNO/c14-11-3-1-10-8-12(4-2-9(10)7-11)15-6-5-13(15)16/h1,3,7,12H,2,4-6,8H2. The maximum Gasteiger partial charge on any atom is 0.224 e. The Hall–Kier alpha value is -0.830. The highest BCUT2D eigenvalue weighted by Gasteiger charge is 2.32. The minimum absolute atomic E-state index is 0.338.